The number of carbonyl (C=O) groups excluding carboxylic acids is 1. The summed E-state index contributed by atoms with van der Waals surface area (Å²) in [6.45, 7) is 9.93. The maximum absolute atomic E-state index is 14.2. The summed E-state index contributed by atoms with van der Waals surface area (Å²) >= 11 is 0. The standard InChI is InChI=1S/C46H62O17S2/c1-30-11-19-34(20-12-30)64(48,49)62-38-25-23-36-40(60-45(5,54-9)43(3,52-7)58-36)28-56-27-32-15-17-33(18-16-32)42(47)57-29-41-37(59-44(4,53-8)46(6,55-10)61-41)24-26-39(38)63-65(50,51)35-21-13-31(2)14-22-35/h11-22,36-41H,23-29H2,1-10H3/t36-,37-,38+,39+,40-,41-,43+,44+,45+,46+/m1/s1. The van der Waals surface area contributed by atoms with Crippen LogP contribution in [0.4, 0.5) is 0 Å². The molecule has 4 aliphatic rings. The molecule has 4 heterocycles. The van der Waals surface area contributed by atoms with Crippen LogP contribution in [0.3, 0.4) is 0 Å². The number of hydrogen-bond donors (Lipinski definition) is 0. The zero-order chi connectivity index (χ0) is 47.4. The van der Waals surface area contributed by atoms with Gasteiger partial charge in [-0.3, -0.25) is 8.37 Å². The van der Waals surface area contributed by atoms with E-state index in [1.807, 2.05) is 13.8 Å². The number of benzene rings is 3. The Labute approximate surface area is 382 Å². The molecule has 0 spiro atoms. The molecule has 360 valence electrons. The summed E-state index contributed by atoms with van der Waals surface area (Å²) in [5.74, 6) is -6.62. The SMILES string of the molecule is CO[C@@]1(C)O[C@@H]2CC[C@H](OS(=O)(=O)c3ccc(C)cc3)[C@@H](OS(=O)(=O)c3ccc(C)cc3)CC[C@H]3O[C@](C)(OC)[C@@](C)(OC)O[C@@H]3COC(=O)c3ccc(cc3)COC[C@H]2O[C@]1(C)OC. The van der Waals surface area contributed by atoms with E-state index in [-0.39, 0.29) is 60.9 Å². The van der Waals surface area contributed by atoms with Crippen LogP contribution in [0.1, 0.15) is 80.4 Å². The maximum Gasteiger partial charge on any atom is 0.338 e. The van der Waals surface area contributed by atoms with E-state index in [0.717, 1.165) is 16.7 Å². The number of carbonyl (C=O) groups is 1. The minimum Gasteiger partial charge on any atom is -0.459 e. The molecular formula is C46H62O17S2. The van der Waals surface area contributed by atoms with Crippen molar-refractivity contribution in [1.82, 2.24) is 0 Å². The summed E-state index contributed by atoms with van der Waals surface area (Å²) < 4.78 is 131. The van der Waals surface area contributed by atoms with Gasteiger partial charge in [-0.15, -0.1) is 0 Å². The van der Waals surface area contributed by atoms with Gasteiger partial charge in [-0.05, 0) is 109 Å². The highest BCUT2D eigenvalue weighted by Gasteiger charge is 2.58. The first-order chi connectivity index (χ1) is 30.6. The Balaban J connectivity index is 1.46. The van der Waals surface area contributed by atoms with Crippen molar-refractivity contribution < 1.29 is 77.4 Å². The van der Waals surface area contributed by atoms with E-state index in [4.69, 9.17) is 55.7 Å². The molecule has 0 radical (unpaired) electrons. The number of ether oxygens (including phenoxy) is 10. The van der Waals surface area contributed by atoms with Gasteiger partial charge in [0.1, 0.15) is 31.0 Å². The molecule has 19 heteroatoms. The predicted octanol–water partition coefficient (Wildman–Crippen LogP) is 6.12. The number of fused-ring (bicyclic) bond motifs is 11. The second-order valence-corrected chi connectivity index (χ2v) is 20.1. The first kappa shape index (κ1) is 51.0. The summed E-state index contributed by atoms with van der Waals surface area (Å²) in [5.41, 5.74) is 2.61. The van der Waals surface area contributed by atoms with E-state index in [9.17, 15) is 21.6 Å². The molecule has 0 saturated carbocycles. The summed E-state index contributed by atoms with van der Waals surface area (Å²) in [6, 6.07) is 18.8. The average Bonchev–Trinajstić information content (AvgIpc) is 3.28. The van der Waals surface area contributed by atoms with E-state index in [0.29, 0.717) is 0 Å². The topological polar surface area (TPSA) is 196 Å². The van der Waals surface area contributed by atoms with Gasteiger partial charge in [0.2, 0.25) is 23.1 Å². The summed E-state index contributed by atoms with van der Waals surface area (Å²) in [6.07, 6.45) is -7.05. The molecule has 7 rings (SSSR count). The molecule has 0 unspecified atom stereocenters. The molecule has 0 amide bonds. The Morgan fingerprint density at radius 2 is 0.877 bits per heavy atom. The highest BCUT2D eigenvalue weighted by molar-refractivity contribution is 7.87. The zero-order valence-electron chi connectivity index (χ0n) is 38.6. The fourth-order valence-electron chi connectivity index (χ4n) is 7.96. The number of aryl methyl sites for hydroxylation is 2. The van der Waals surface area contributed by atoms with Gasteiger partial charge in [0.05, 0.1) is 40.8 Å². The normalized spacial score (nSPS) is 33.4. The van der Waals surface area contributed by atoms with Crippen LogP contribution in [-0.4, -0.2) is 124 Å². The third kappa shape index (κ3) is 11.3. The number of rotatable bonds is 10. The van der Waals surface area contributed by atoms with E-state index in [2.05, 4.69) is 0 Å². The first-order valence-electron chi connectivity index (χ1n) is 21.4. The van der Waals surface area contributed by atoms with Crippen LogP contribution < -0.4 is 0 Å². The summed E-state index contributed by atoms with van der Waals surface area (Å²) in [4.78, 5) is 13.1. The highest BCUT2D eigenvalue weighted by Crippen LogP contribution is 2.43. The highest BCUT2D eigenvalue weighted by atomic mass is 32.2. The van der Waals surface area contributed by atoms with E-state index in [1.165, 1.54) is 52.7 Å². The van der Waals surface area contributed by atoms with Gasteiger partial charge < -0.3 is 47.4 Å². The fraction of sp³-hybridized carbons (Fsp3) is 0.587. The van der Waals surface area contributed by atoms with Crippen LogP contribution in [0.5, 0.6) is 0 Å². The van der Waals surface area contributed by atoms with Crippen molar-refractivity contribution in [1.29, 1.82) is 0 Å². The van der Waals surface area contributed by atoms with Gasteiger partial charge in [0.15, 0.2) is 0 Å². The van der Waals surface area contributed by atoms with Crippen molar-refractivity contribution >= 4 is 26.2 Å². The van der Waals surface area contributed by atoms with Crippen molar-refractivity contribution in [2.45, 2.75) is 143 Å². The van der Waals surface area contributed by atoms with Crippen LogP contribution in [0.15, 0.2) is 82.6 Å². The molecule has 2 bridgehead atoms. The quantitative estimate of drug-likeness (QED) is 0.166. The second-order valence-electron chi connectivity index (χ2n) is 17.0. The molecule has 3 aromatic rings. The van der Waals surface area contributed by atoms with Crippen LogP contribution >= 0.6 is 0 Å². The Bertz CT molecular complexity index is 2290. The van der Waals surface area contributed by atoms with Crippen LogP contribution in [0.25, 0.3) is 0 Å². The minimum absolute atomic E-state index is 0.0234. The van der Waals surface area contributed by atoms with Crippen molar-refractivity contribution in [3.8, 4) is 0 Å². The Kier molecular flexibility index (Phi) is 16.0. The zero-order valence-corrected chi connectivity index (χ0v) is 40.2. The third-order valence-corrected chi connectivity index (χ3v) is 15.4. The smallest absolute Gasteiger partial charge is 0.338 e. The van der Waals surface area contributed by atoms with Gasteiger partial charge in [0, 0.05) is 28.4 Å². The lowest BCUT2D eigenvalue weighted by atomic mass is 9.95. The van der Waals surface area contributed by atoms with E-state index < -0.39 is 86.0 Å². The lowest BCUT2D eigenvalue weighted by Gasteiger charge is -2.52. The molecule has 3 aromatic carbocycles. The van der Waals surface area contributed by atoms with Crippen LogP contribution in [0.2, 0.25) is 0 Å². The number of esters is 1. The average molecular weight is 951 g/mol. The first-order valence-corrected chi connectivity index (χ1v) is 24.2. The van der Waals surface area contributed by atoms with Crippen molar-refractivity contribution in [2.75, 3.05) is 41.7 Å². The number of methoxy groups -OCH3 is 4. The van der Waals surface area contributed by atoms with Crippen LogP contribution in [0, 0.1) is 13.8 Å². The molecule has 65 heavy (non-hydrogen) atoms. The molecule has 2 saturated heterocycles. The summed E-state index contributed by atoms with van der Waals surface area (Å²) in [7, 11) is -3.45. The van der Waals surface area contributed by atoms with Crippen molar-refractivity contribution in [3.63, 3.8) is 0 Å². The van der Waals surface area contributed by atoms with Gasteiger partial charge in [0.25, 0.3) is 20.2 Å². The molecule has 17 nitrogen and oxygen atoms in total. The maximum atomic E-state index is 14.2. The van der Waals surface area contributed by atoms with Crippen molar-refractivity contribution in [2.24, 2.45) is 0 Å². The van der Waals surface area contributed by atoms with Gasteiger partial charge >= 0.3 is 5.97 Å². The summed E-state index contributed by atoms with van der Waals surface area (Å²) in [5, 5.41) is 0. The van der Waals surface area contributed by atoms with E-state index >= 15 is 0 Å². The van der Waals surface area contributed by atoms with Crippen molar-refractivity contribution in [3.05, 3.63) is 95.1 Å². The van der Waals surface area contributed by atoms with E-state index in [1.54, 1.807) is 76.2 Å². The van der Waals surface area contributed by atoms with Gasteiger partial charge in [-0.25, -0.2) is 4.79 Å². The fourth-order valence-corrected chi connectivity index (χ4v) is 10.2. The molecule has 0 aliphatic carbocycles. The third-order valence-electron chi connectivity index (χ3n) is 12.7. The predicted molar refractivity (Wildman–Crippen MR) is 232 cm³/mol. The lowest BCUT2D eigenvalue weighted by Crippen LogP contribution is -2.66. The van der Waals surface area contributed by atoms with Gasteiger partial charge in [-0.2, -0.15) is 16.8 Å². The second kappa shape index (κ2) is 20.4. The Morgan fingerprint density at radius 1 is 0.508 bits per heavy atom. The van der Waals surface area contributed by atoms with Crippen LogP contribution in [-0.2, 0) is 82.6 Å². The molecule has 2 fully saturated rings. The Morgan fingerprint density at radius 3 is 1.26 bits per heavy atom. The minimum atomic E-state index is -4.59. The lowest BCUT2D eigenvalue weighted by molar-refractivity contribution is -0.451. The number of hydrogen-bond acceptors (Lipinski definition) is 17. The molecule has 10 atom stereocenters. The molecule has 0 aromatic heterocycles. The molecule has 0 N–H and O–H groups in total. The largest absolute Gasteiger partial charge is 0.459 e. The molecule has 4 aliphatic heterocycles. The monoisotopic (exact) mass is 950 g/mol. The Hall–Kier alpha value is -3.41. The van der Waals surface area contributed by atoms with Gasteiger partial charge in [-0.1, -0.05) is 47.5 Å². The molecular weight excluding hydrogens is 889 g/mol.